The minimum absolute atomic E-state index is 0.0575. The summed E-state index contributed by atoms with van der Waals surface area (Å²) in [5.41, 5.74) is 10.5. The van der Waals surface area contributed by atoms with Crippen LogP contribution in [0.3, 0.4) is 0 Å². The zero-order valence-electron chi connectivity index (χ0n) is 25.4. The zero-order chi connectivity index (χ0) is 30.8. The van der Waals surface area contributed by atoms with Gasteiger partial charge in [0.05, 0.1) is 5.41 Å². The van der Waals surface area contributed by atoms with Crippen molar-refractivity contribution in [2.75, 3.05) is 5.32 Å². The summed E-state index contributed by atoms with van der Waals surface area (Å²) in [6.45, 7) is 8.34. The van der Waals surface area contributed by atoms with Crippen LogP contribution >= 0.6 is 0 Å². The van der Waals surface area contributed by atoms with Crippen LogP contribution in [0.2, 0.25) is 0 Å². The van der Waals surface area contributed by atoms with E-state index in [0.29, 0.717) is 12.3 Å². The largest absolute Gasteiger partial charge is 0.454 e. The van der Waals surface area contributed by atoms with Crippen molar-refractivity contribution in [3.8, 4) is 22.6 Å². The number of fused-ring (bicyclic) bond motifs is 11. The Kier molecular flexibility index (Phi) is 5.98. The molecule has 1 aliphatic heterocycles. The summed E-state index contributed by atoms with van der Waals surface area (Å²) in [5.74, 6) is 3.77. The first-order chi connectivity index (χ1) is 22.7. The SMILES string of the molecule is C=C/C=C(\C(=C)Nc1ccccc1)C1C=CC2=C(C1)Oc1cc3c(cc1O2)C1(c2ccccc2-3)c2ccccc2C2C=CC=CC21. The molecule has 4 aromatic carbocycles. The zero-order valence-corrected chi connectivity index (χ0v) is 25.4. The lowest BCUT2D eigenvalue weighted by Gasteiger charge is -2.36. The lowest BCUT2D eigenvalue weighted by Crippen LogP contribution is -2.33. The van der Waals surface area contributed by atoms with E-state index >= 15 is 0 Å². The molecule has 0 bridgehead atoms. The molecule has 9 rings (SSSR count). The van der Waals surface area contributed by atoms with Gasteiger partial charge in [-0.1, -0.05) is 122 Å². The van der Waals surface area contributed by atoms with Crippen molar-refractivity contribution in [1.82, 2.24) is 0 Å². The van der Waals surface area contributed by atoms with Gasteiger partial charge in [-0.25, -0.2) is 0 Å². The Labute approximate surface area is 269 Å². The highest BCUT2D eigenvalue weighted by Crippen LogP contribution is 2.66. The van der Waals surface area contributed by atoms with Crippen LogP contribution in [0.1, 0.15) is 34.6 Å². The highest BCUT2D eigenvalue weighted by Gasteiger charge is 2.57. The van der Waals surface area contributed by atoms with E-state index in [4.69, 9.17) is 9.47 Å². The molecule has 0 aromatic heterocycles. The van der Waals surface area contributed by atoms with Crippen LogP contribution in [-0.2, 0) is 5.41 Å². The lowest BCUT2D eigenvalue weighted by molar-refractivity contribution is 0.282. The van der Waals surface area contributed by atoms with E-state index in [-0.39, 0.29) is 17.3 Å². The maximum Gasteiger partial charge on any atom is 0.170 e. The Balaban J connectivity index is 1.09. The molecule has 0 fully saturated rings. The van der Waals surface area contributed by atoms with Gasteiger partial charge in [-0.2, -0.15) is 0 Å². The number of hydrogen-bond donors (Lipinski definition) is 1. The molecule has 1 N–H and O–H groups in total. The van der Waals surface area contributed by atoms with E-state index in [9.17, 15) is 0 Å². The van der Waals surface area contributed by atoms with Gasteiger partial charge in [-0.05, 0) is 69.3 Å². The molecule has 46 heavy (non-hydrogen) atoms. The van der Waals surface area contributed by atoms with Crippen LogP contribution in [0.15, 0.2) is 176 Å². The van der Waals surface area contributed by atoms with E-state index in [2.05, 4.69) is 110 Å². The Morgan fingerprint density at radius 3 is 2.41 bits per heavy atom. The lowest BCUT2D eigenvalue weighted by atomic mass is 9.65. The minimum Gasteiger partial charge on any atom is -0.454 e. The van der Waals surface area contributed by atoms with Gasteiger partial charge in [0.15, 0.2) is 17.3 Å². The number of para-hydroxylation sites is 1. The highest BCUT2D eigenvalue weighted by atomic mass is 16.6. The monoisotopic (exact) mass is 595 g/mol. The molecule has 4 atom stereocenters. The van der Waals surface area contributed by atoms with Crippen molar-refractivity contribution in [2.24, 2.45) is 11.8 Å². The summed E-state index contributed by atoms with van der Waals surface area (Å²) in [6, 6.07) is 32.5. The topological polar surface area (TPSA) is 30.5 Å². The molecule has 0 saturated heterocycles. The molecule has 222 valence electrons. The van der Waals surface area contributed by atoms with Crippen molar-refractivity contribution in [3.05, 3.63) is 198 Å². The maximum absolute atomic E-state index is 6.74. The number of hydrogen-bond acceptors (Lipinski definition) is 3. The summed E-state index contributed by atoms with van der Waals surface area (Å²) in [4.78, 5) is 0. The number of anilines is 1. The maximum atomic E-state index is 6.74. The number of allylic oxidation sites excluding steroid dienone is 10. The molecule has 4 unspecified atom stereocenters. The number of nitrogens with one attached hydrogen (secondary N) is 1. The first-order valence-corrected chi connectivity index (χ1v) is 16.0. The average Bonchev–Trinajstić information content (AvgIpc) is 3.56. The molecule has 0 amide bonds. The van der Waals surface area contributed by atoms with Crippen molar-refractivity contribution in [3.63, 3.8) is 0 Å². The molecular formula is C43H33NO2. The molecular weight excluding hydrogens is 562 g/mol. The summed E-state index contributed by atoms with van der Waals surface area (Å²) in [5, 5.41) is 3.46. The Hall–Kier alpha value is -5.54. The minimum atomic E-state index is -0.300. The first kappa shape index (κ1) is 26.8. The van der Waals surface area contributed by atoms with E-state index in [1.807, 2.05) is 48.6 Å². The number of rotatable bonds is 5. The molecule has 4 aromatic rings. The fraction of sp³-hybridized carbons (Fsp3) is 0.116. The van der Waals surface area contributed by atoms with Crippen LogP contribution in [-0.4, -0.2) is 0 Å². The van der Waals surface area contributed by atoms with E-state index in [1.54, 1.807) is 0 Å². The van der Waals surface area contributed by atoms with Crippen LogP contribution < -0.4 is 14.8 Å². The van der Waals surface area contributed by atoms with Crippen LogP contribution in [0, 0.1) is 11.8 Å². The van der Waals surface area contributed by atoms with Gasteiger partial charge in [0.1, 0.15) is 5.76 Å². The van der Waals surface area contributed by atoms with Gasteiger partial charge in [0.25, 0.3) is 0 Å². The first-order valence-electron chi connectivity index (χ1n) is 16.0. The third-order valence-electron chi connectivity index (χ3n) is 10.3. The van der Waals surface area contributed by atoms with Gasteiger partial charge in [0, 0.05) is 35.6 Å². The average molecular weight is 596 g/mol. The second kappa shape index (κ2) is 10.3. The highest BCUT2D eigenvalue weighted by molar-refractivity contribution is 5.87. The fourth-order valence-electron chi connectivity index (χ4n) is 8.42. The van der Waals surface area contributed by atoms with E-state index in [1.165, 1.54) is 33.4 Å². The molecule has 3 heteroatoms. The van der Waals surface area contributed by atoms with Crippen LogP contribution in [0.25, 0.3) is 11.1 Å². The van der Waals surface area contributed by atoms with Crippen LogP contribution in [0.5, 0.6) is 11.5 Å². The Morgan fingerprint density at radius 1 is 0.783 bits per heavy atom. The van der Waals surface area contributed by atoms with Crippen molar-refractivity contribution in [2.45, 2.75) is 17.8 Å². The van der Waals surface area contributed by atoms with E-state index < -0.39 is 0 Å². The molecule has 5 aliphatic rings. The summed E-state index contributed by atoms with van der Waals surface area (Å²) in [7, 11) is 0. The standard InChI is InChI=1S/C43H33NO2/c1-3-13-30(27(2)44-29-14-5-4-6-15-29)28-22-23-39-40(24-28)46-41-25-34-33-18-9-12-21-37(33)43(38(34)26-42(41)45-39)35-19-10-7-16-31(35)32-17-8-11-20-36(32)43/h3-23,25-26,28,31,35,44H,1-2,24H2/b30-13+. The van der Waals surface area contributed by atoms with Gasteiger partial charge in [-0.15, -0.1) is 0 Å². The fourth-order valence-corrected chi connectivity index (χ4v) is 8.42. The summed E-state index contributed by atoms with van der Waals surface area (Å²) < 4.78 is 13.4. The van der Waals surface area contributed by atoms with Gasteiger partial charge in [-0.3, -0.25) is 0 Å². The van der Waals surface area contributed by atoms with Crippen molar-refractivity contribution < 1.29 is 9.47 Å². The van der Waals surface area contributed by atoms with Crippen molar-refractivity contribution in [1.29, 1.82) is 0 Å². The Morgan fingerprint density at radius 2 is 1.54 bits per heavy atom. The second-order valence-corrected chi connectivity index (χ2v) is 12.6. The second-order valence-electron chi connectivity index (χ2n) is 12.6. The predicted molar refractivity (Wildman–Crippen MR) is 186 cm³/mol. The molecule has 4 aliphatic carbocycles. The summed E-state index contributed by atoms with van der Waals surface area (Å²) >= 11 is 0. The van der Waals surface area contributed by atoms with Gasteiger partial charge >= 0.3 is 0 Å². The number of benzene rings is 4. The van der Waals surface area contributed by atoms with Crippen molar-refractivity contribution >= 4 is 5.69 Å². The molecule has 0 radical (unpaired) electrons. The molecule has 1 spiro atoms. The molecule has 3 nitrogen and oxygen atoms in total. The predicted octanol–water partition coefficient (Wildman–Crippen LogP) is 10.1. The third kappa shape index (κ3) is 3.78. The smallest absolute Gasteiger partial charge is 0.170 e. The Bertz CT molecular complexity index is 2110. The van der Waals surface area contributed by atoms with Gasteiger partial charge < -0.3 is 14.8 Å². The molecule has 0 saturated carbocycles. The molecule has 1 heterocycles. The van der Waals surface area contributed by atoms with Crippen LogP contribution in [0.4, 0.5) is 5.69 Å². The van der Waals surface area contributed by atoms with Gasteiger partial charge in [0.2, 0.25) is 0 Å². The normalized spacial score (nSPS) is 24.2. The summed E-state index contributed by atoms with van der Waals surface area (Å²) in [6.07, 6.45) is 17.9. The quantitative estimate of drug-likeness (QED) is 0.233. The van der Waals surface area contributed by atoms with E-state index in [0.717, 1.165) is 40.0 Å². The third-order valence-corrected chi connectivity index (χ3v) is 10.3. The number of ether oxygens (including phenoxy) is 2.